The van der Waals surface area contributed by atoms with Crippen LogP contribution in [-0.2, 0) is 24.2 Å². The number of diazo groups is 1. The largest absolute Gasteiger partial charge is 2.00 e. The molecule has 10 heteroatoms. The predicted molar refractivity (Wildman–Crippen MR) is 76.6 cm³/mol. The second-order valence-electron chi connectivity index (χ2n) is 4.35. The summed E-state index contributed by atoms with van der Waals surface area (Å²) in [5, 5.41) is 9.09. The fourth-order valence-electron chi connectivity index (χ4n) is 2.21. The Kier molecular flexibility index (Phi) is 17.5. The Morgan fingerprint density at radius 1 is 1.04 bits per heavy atom. The van der Waals surface area contributed by atoms with Crippen LogP contribution in [0.15, 0.2) is 12.1 Å². The minimum Gasteiger partial charge on any atom is -1.00 e. The molecule has 0 aliphatic carbocycles. The van der Waals surface area contributed by atoms with Crippen LogP contribution in [-0.4, -0.2) is 39.5 Å². The van der Waals surface area contributed by atoms with Crippen LogP contribution in [0.1, 0.15) is 13.8 Å². The van der Waals surface area contributed by atoms with Crippen molar-refractivity contribution in [3.8, 4) is 11.5 Å². The van der Waals surface area contributed by atoms with Gasteiger partial charge in [0.05, 0.1) is 38.2 Å². The normalized spacial score (nSPS) is 12.3. The number of anilines is 1. The molecule has 1 heterocycles. The van der Waals surface area contributed by atoms with Gasteiger partial charge in [-0.15, -0.1) is 0 Å². The zero-order valence-electron chi connectivity index (χ0n) is 13.8. The number of morpholine rings is 1. The Morgan fingerprint density at radius 3 is 2.08 bits per heavy atom. The summed E-state index contributed by atoms with van der Waals surface area (Å²) in [6.45, 7) is 7.89. The van der Waals surface area contributed by atoms with Crippen LogP contribution in [0.3, 0.4) is 0 Å². The average molecular weight is 450 g/mol. The second kappa shape index (κ2) is 14.8. The van der Waals surface area contributed by atoms with Crippen molar-refractivity contribution in [3.63, 3.8) is 0 Å². The van der Waals surface area contributed by atoms with Crippen molar-refractivity contribution < 1.29 is 70.9 Å². The van der Waals surface area contributed by atoms with Crippen molar-refractivity contribution in [1.29, 1.82) is 5.39 Å². The molecule has 6 nitrogen and oxygen atoms in total. The van der Waals surface area contributed by atoms with Crippen molar-refractivity contribution >= 4 is 11.4 Å². The SMILES string of the molecule is CCOc1cc(N2CCOCC2)c(OCC)cc1[N+]#N.[Cl-].[Cl-].[Cl-].[Zn+2]. The molecule has 0 N–H and O–H groups in total. The first-order chi connectivity index (χ1) is 9.80. The molecule has 132 valence electrons. The molecule has 0 bridgehead atoms. The molecule has 0 radical (unpaired) electrons. The summed E-state index contributed by atoms with van der Waals surface area (Å²) in [6, 6.07) is 3.58. The summed E-state index contributed by atoms with van der Waals surface area (Å²) in [4.78, 5) is 5.46. The van der Waals surface area contributed by atoms with Gasteiger partial charge in [0.2, 0.25) is 11.1 Å². The van der Waals surface area contributed by atoms with Gasteiger partial charge in [0.1, 0.15) is 0 Å². The van der Waals surface area contributed by atoms with Gasteiger partial charge in [0, 0.05) is 19.2 Å². The number of hydrogen-bond acceptors (Lipinski definition) is 5. The molecule has 0 unspecified atom stereocenters. The topological polar surface area (TPSA) is 59.1 Å². The summed E-state index contributed by atoms with van der Waals surface area (Å²) in [5.41, 5.74) is 1.33. The number of nitrogens with zero attached hydrogens (tertiary/aromatic N) is 3. The van der Waals surface area contributed by atoms with E-state index in [-0.39, 0.29) is 56.7 Å². The van der Waals surface area contributed by atoms with E-state index in [4.69, 9.17) is 19.6 Å². The number of benzene rings is 1. The van der Waals surface area contributed by atoms with E-state index in [2.05, 4.69) is 9.88 Å². The molecule has 0 aromatic heterocycles. The van der Waals surface area contributed by atoms with Gasteiger partial charge in [-0.1, -0.05) is 0 Å². The van der Waals surface area contributed by atoms with E-state index >= 15 is 0 Å². The third-order valence-electron chi connectivity index (χ3n) is 3.10. The van der Waals surface area contributed by atoms with Gasteiger partial charge in [0.25, 0.3) is 0 Å². The molecule has 0 saturated carbocycles. The molecule has 1 aromatic carbocycles. The van der Waals surface area contributed by atoms with Gasteiger partial charge in [-0.3, -0.25) is 0 Å². The first-order valence-electron chi connectivity index (χ1n) is 6.91. The van der Waals surface area contributed by atoms with Gasteiger partial charge in [0.15, 0.2) is 10.7 Å². The standard InChI is InChI=1S/C14H20N3O3.3ClH.Zn/c1-3-19-13-10-12(17-5-7-18-8-6-17)14(20-4-2)9-11(13)16-15;;;;/h9-10H,3-8H2,1-2H3;3*1H;/q+1;;;;+2/p-3. The van der Waals surface area contributed by atoms with Crippen LogP contribution in [0, 0.1) is 5.39 Å². The molecular formula is C14H20Cl3N3O3Zn. The van der Waals surface area contributed by atoms with E-state index in [1.54, 1.807) is 6.07 Å². The van der Waals surface area contributed by atoms with E-state index < -0.39 is 0 Å². The van der Waals surface area contributed by atoms with Gasteiger partial charge in [-0.05, 0) is 13.8 Å². The fourth-order valence-corrected chi connectivity index (χ4v) is 2.21. The first kappa shape index (κ1) is 28.3. The summed E-state index contributed by atoms with van der Waals surface area (Å²) < 4.78 is 16.6. The number of hydrogen-bond donors (Lipinski definition) is 0. The number of ether oxygens (including phenoxy) is 3. The summed E-state index contributed by atoms with van der Waals surface area (Å²) in [6.07, 6.45) is 0. The van der Waals surface area contributed by atoms with Crippen LogP contribution in [0.4, 0.5) is 11.4 Å². The minimum absolute atomic E-state index is 0. The second-order valence-corrected chi connectivity index (χ2v) is 4.35. The van der Waals surface area contributed by atoms with Crippen LogP contribution < -0.4 is 51.6 Å². The van der Waals surface area contributed by atoms with Crippen molar-refractivity contribution in [1.82, 2.24) is 0 Å². The number of rotatable bonds is 5. The quantitative estimate of drug-likeness (QED) is 0.331. The molecule has 2 rings (SSSR count). The summed E-state index contributed by atoms with van der Waals surface area (Å²) >= 11 is 0. The molecule has 1 aromatic rings. The van der Waals surface area contributed by atoms with Gasteiger partial charge in [-0.2, -0.15) is 0 Å². The molecular weight excluding hydrogens is 430 g/mol. The van der Waals surface area contributed by atoms with Crippen LogP contribution in [0.5, 0.6) is 11.5 Å². The molecule has 0 amide bonds. The third kappa shape index (κ3) is 7.17. The molecule has 1 saturated heterocycles. The maximum Gasteiger partial charge on any atom is 2.00 e. The van der Waals surface area contributed by atoms with Crippen molar-refractivity contribution in [2.24, 2.45) is 0 Å². The van der Waals surface area contributed by atoms with Gasteiger partial charge < -0.3 is 56.3 Å². The van der Waals surface area contributed by atoms with E-state index in [9.17, 15) is 0 Å². The molecule has 1 aliphatic rings. The predicted octanol–water partition coefficient (Wildman–Crippen LogP) is -6.19. The van der Waals surface area contributed by atoms with E-state index in [1.165, 1.54) is 0 Å². The van der Waals surface area contributed by atoms with Crippen LogP contribution >= 0.6 is 0 Å². The third-order valence-corrected chi connectivity index (χ3v) is 3.10. The van der Waals surface area contributed by atoms with E-state index in [0.717, 1.165) is 18.8 Å². The van der Waals surface area contributed by atoms with Crippen molar-refractivity contribution in [3.05, 3.63) is 17.1 Å². The Morgan fingerprint density at radius 2 is 1.58 bits per heavy atom. The Bertz CT molecular complexity index is 512. The fraction of sp³-hybridized carbons (Fsp3) is 0.571. The smallest absolute Gasteiger partial charge is 1.00 e. The van der Waals surface area contributed by atoms with Gasteiger partial charge >= 0.3 is 25.2 Å². The first-order valence-corrected chi connectivity index (χ1v) is 6.91. The van der Waals surface area contributed by atoms with Crippen molar-refractivity contribution in [2.75, 3.05) is 44.4 Å². The minimum atomic E-state index is 0. The zero-order valence-corrected chi connectivity index (χ0v) is 19.0. The van der Waals surface area contributed by atoms with Crippen LogP contribution in [0.25, 0.3) is 4.98 Å². The molecule has 1 aliphatic heterocycles. The van der Waals surface area contributed by atoms with Gasteiger partial charge in [-0.25, -0.2) is 0 Å². The Balaban J connectivity index is -0.00000110. The van der Waals surface area contributed by atoms with Crippen molar-refractivity contribution in [2.45, 2.75) is 13.8 Å². The summed E-state index contributed by atoms with van der Waals surface area (Å²) in [7, 11) is 0. The molecule has 0 spiro atoms. The molecule has 1 fully saturated rings. The van der Waals surface area contributed by atoms with E-state index in [1.807, 2.05) is 19.9 Å². The van der Waals surface area contributed by atoms with E-state index in [0.29, 0.717) is 43.6 Å². The molecule has 24 heavy (non-hydrogen) atoms. The monoisotopic (exact) mass is 447 g/mol. The Labute approximate surface area is 174 Å². The van der Waals surface area contributed by atoms with Crippen LogP contribution in [0.2, 0.25) is 0 Å². The maximum atomic E-state index is 9.09. The average Bonchev–Trinajstić information content (AvgIpc) is 2.49. The maximum absolute atomic E-state index is 9.09. The summed E-state index contributed by atoms with van der Waals surface area (Å²) in [5.74, 6) is 1.26. The number of halogens is 3. The zero-order chi connectivity index (χ0) is 14.4. The molecule has 0 atom stereocenters. The Hall–Kier alpha value is -0.507.